The molecule has 0 aliphatic carbocycles. The van der Waals surface area contributed by atoms with Gasteiger partial charge in [-0.15, -0.1) is 18.3 Å². The molecule has 1 aliphatic rings. The summed E-state index contributed by atoms with van der Waals surface area (Å²) in [4.78, 5) is 23.2. The first kappa shape index (κ1) is 31.2. The molecular weight excluding hydrogens is 610 g/mol. The Morgan fingerprint density at radius 3 is 2.52 bits per heavy atom. The maximum Gasteiger partial charge on any atom is 0.573 e. The lowest BCUT2D eigenvalue weighted by Gasteiger charge is -2.21. The molecule has 2 heterocycles. The van der Waals surface area contributed by atoms with Crippen molar-refractivity contribution in [3.63, 3.8) is 0 Å². The first-order valence-electron chi connectivity index (χ1n) is 13.8. The number of aryl methyl sites for hydroxylation is 3. The number of benzene rings is 3. The van der Waals surface area contributed by atoms with Gasteiger partial charge in [0.25, 0.3) is 0 Å². The molecule has 0 bridgehead atoms. The first-order valence-corrected chi connectivity index (χ1v) is 15.2. The number of nitrogens with zero attached hydrogens (tertiary/aromatic N) is 5. The van der Waals surface area contributed by atoms with Crippen molar-refractivity contribution in [1.29, 1.82) is 0 Å². The summed E-state index contributed by atoms with van der Waals surface area (Å²) in [5.74, 6) is 0.528. The molecule has 1 N–H and O–H groups in total. The molecule has 3 aromatic carbocycles. The fourth-order valence-electron chi connectivity index (χ4n) is 4.79. The fraction of sp³-hybridized carbons (Fsp3) is 0.258. The second-order valence-electron chi connectivity index (χ2n) is 10.1. The van der Waals surface area contributed by atoms with E-state index < -0.39 is 6.36 Å². The standard InChI is InChI=1S/C31H29F3N6O2S2/c1-20-7-5-8-21(2)27(20)40-26(41)18-44-30(40)37-29(43)35-16-4-3-9-22-10-6-11-23(17-22)28-36-19-39(38-28)24-12-14-25(15-13-24)42-31(32,33)34/h5-8,10-15,17,19H,3-4,9,16,18H2,1-2H3,(H,35,43). The molecule has 4 aromatic rings. The Kier molecular flexibility index (Phi) is 9.64. The predicted octanol–water partition coefficient (Wildman–Crippen LogP) is 6.78. The highest BCUT2D eigenvalue weighted by molar-refractivity contribution is 8.15. The molecule has 44 heavy (non-hydrogen) atoms. The molecule has 1 fully saturated rings. The number of nitrogens with one attached hydrogen (secondary N) is 1. The lowest BCUT2D eigenvalue weighted by atomic mass is 10.0. The number of amides is 1. The number of hydrogen-bond donors (Lipinski definition) is 1. The Morgan fingerprint density at radius 1 is 1.07 bits per heavy atom. The maximum absolute atomic E-state index is 12.7. The van der Waals surface area contributed by atoms with Gasteiger partial charge in [-0.2, -0.15) is 4.99 Å². The molecule has 0 atom stereocenters. The summed E-state index contributed by atoms with van der Waals surface area (Å²) in [6.07, 6.45) is -0.621. The van der Waals surface area contributed by atoms with Crippen molar-refractivity contribution in [2.45, 2.75) is 39.5 Å². The zero-order valence-electron chi connectivity index (χ0n) is 24.0. The van der Waals surface area contributed by atoms with E-state index in [1.54, 1.807) is 4.90 Å². The smallest absolute Gasteiger partial charge is 0.406 e. The minimum absolute atomic E-state index is 0.00763. The van der Waals surface area contributed by atoms with Crippen molar-refractivity contribution < 1.29 is 22.7 Å². The lowest BCUT2D eigenvalue weighted by Crippen LogP contribution is -2.32. The van der Waals surface area contributed by atoms with Crippen LogP contribution in [-0.2, 0) is 11.2 Å². The van der Waals surface area contributed by atoms with E-state index in [4.69, 9.17) is 12.2 Å². The minimum atomic E-state index is -4.74. The van der Waals surface area contributed by atoms with Crippen LogP contribution in [0.5, 0.6) is 5.75 Å². The first-order chi connectivity index (χ1) is 21.1. The molecular formula is C31H29F3N6O2S2. The molecule has 1 aliphatic heterocycles. The van der Waals surface area contributed by atoms with E-state index in [0.29, 0.717) is 34.1 Å². The molecule has 1 aromatic heterocycles. The van der Waals surface area contributed by atoms with Crippen LogP contribution in [-0.4, -0.2) is 49.6 Å². The van der Waals surface area contributed by atoms with Gasteiger partial charge in [0, 0.05) is 12.1 Å². The Morgan fingerprint density at radius 2 is 1.80 bits per heavy atom. The second-order valence-corrected chi connectivity index (χ2v) is 11.4. The molecule has 1 amide bonds. The van der Waals surface area contributed by atoms with Crippen molar-refractivity contribution in [2.24, 2.45) is 4.99 Å². The van der Waals surface area contributed by atoms with Gasteiger partial charge >= 0.3 is 6.36 Å². The number of halogens is 3. The highest BCUT2D eigenvalue weighted by Gasteiger charge is 2.32. The quantitative estimate of drug-likeness (QED) is 0.160. The van der Waals surface area contributed by atoms with Crippen molar-refractivity contribution >= 4 is 45.9 Å². The monoisotopic (exact) mass is 638 g/mol. The number of para-hydroxylation sites is 1. The Hall–Kier alpha value is -4.23. The number of amidine groups is 1. The number of hydrogen-bond acceptors (Lipinski definition) is 6. The third kappa shape index (κ3) is 7.83. The van der Waals surface area contributed by atoms with Crippen LogP contribution in [0.4, 0.5) is 18.9 Å². The summed E-state index contributed by atoms with van der Waals surface area (Å²) in [6.45, 7) is 4.61. The van der Waals surface area contributed by atoms with Gasteiger partial charge in [0.15, 0.2) is 16.1 Å². The van der Waals surface area contributed by atoms with Crippen LogP contribution in [0.2, 0.25) is 0 Å². The number of thioether (sulfide) groups is 1. The highest BCUT2D eigenvalue weighted by Crippen LogP contribution is 2.32. The molecule has 0 spiro atoms. The third-order valence-electron chi connectivity index (χ3n) is 6.81. The third-order valence-corrected chi connectivity index (χ3v) is 7.97. The Bertz CT molecular complexity index is 1670. The van der Waals surface area contributed by atoms with Gasteiger partial charge in [0.1, 0.15) is 12.1 Å². The molecule has 0 unspecified atom stereocenters. The van der Waals surface area contributed by atoms with Crippen LogP contribution in [0.25, 0.3) is 17.1 Å². The van der Waals surface area contributed by atoms with E-state index in [9.17, 15) is 18.0 Å². The normalized spacial score (nSPS) is 14.3. The summed E-state index contributed by atoms with van der Waals surface area (Å²) in [5, 5.41) is 8.61. The number of rotatable bonds is 9. The minimum Gasteiger partial charge on any atom is -0.406 e. The van der Waals surface area contributed by atoms with Crippen LogP contribution in [0.3, 0.4) is 0 Å². The summed E-state index contributed by atoms with van der Waals surface area (Å²) in [5.41, 5.74) is 5.40. The van der Waals surface area contributed by atoms with Gasteiger partial charge in [-0.05, 0) is 92.4 Å². The average molecular weight is 639 g/mol. The van der Waals surface area contributed by atoms with E-state index in [-0.39, 0.29) is 11.7 Å². The van der Waals surface area contributed by atoms with Crippen molar-refractivity contribution in [2.75, 3.05) is 17.2 Å². The summed E-state index contributed by atoms with van der Waals surface area (Å²) < 4.78 is 42.7. The Labute approximate surface area is 262 Å². The van der Waals surface area contributed by atoms with E-state index in [1.807, 2.05) is 56.3 Å². The topological polar surface area (TPSA) is 84.6 Å². The number of carbonyl (C=O) groups is 1. The van der Waals surface area contributed by atoms with E-state index in [0.717, 1.165) is 47.2 Å². The molecule has 228 valence electrons. The molecule has 5 rings (SSSR count). The summed E-state index contributed by atoms with van der Waals surface area (Å²) >= 11 is 6.85. The average Bonchev–Trinajstić information content (AvgIpc) is 3.60. The largest absolute Gasteiger partial charge is 0.573 e. The zero-order valence-corrected chi connectivity index (χ0v) is 25.6. The number of thiocarbonyl (C=S) groups is 1. The van der Waals surface area contributed by atoms with Gasteiger partial charge < -0.3 is 10.1 Å². The zero-order chi connectivity index (χ0) is 31.3. The highest BCUT2D eigenvalue weighted by atomic mass is 32.2. The number of aliphatic imine (C=N–C) groups is 1. The van der Waals surface area contributed by atoms with Crippen molar-refractivity contribution in [3.8, 4) is 22.8 Å². The second kappa shape index (κ2) is 13.6. The van der Waals surface area contributed by atoms with Gasteiger partial charge in [-0.25, -0.2) is 9.67 Å². The molecule has 0 saturated carbocycles. The predicted molar refractivity (Wildman–Crippen MR) is 170 cm³/mol. The molecule has 0 radical (unpaired) electrons. The van der Waals surface area contributed by atoms with Gasteiger partial charge in [-0.1, -0.05) is 48.2 Å². The lowest BCUT2D eigenvalue weighted by molar-refractivity contribution is -0.274. The van der Waals surface area contributed by atoms with Gasteiger partial charge in [-0.3, -0.25) is 9.69 Å². The molecule has 13 heteroatoms. The van der Waals surface area contributed by atoms with E-state index in [2.05, 4.69) is 25.1 Å². The number of anilines is 1. The maximum atomic E-state index is 12.7. The molecule has 1 saturated heterocycles. The number of alkyl halides is 3. The van der Waals surface area contributed by atoms with Crippen LogP contribution in [0.1, 0.15) is 29.5 Å². The number of aromatic nitrogens is 3. The Balaban J connectivity index is 1.12. The summed E-state index contributed by atoms with van der Waals surface area (Å²) in [6, 6.07) is 19.3. The molecule has 8 nitrogen and oxygen atoms in total. The van der Waals surface area contributed by atoms with E-state index in [1.165, 1.54) is 47.0 Å². The van der Waals surface area contributed by atoms with Crippen LogP contribution in [0, 0.1) is 13.8 Å². The van der Waals surface area contributed by atoms with Crippen molar-refractivity contribution in [3.05, 3.63) is 89.7 Å². The van der Waals surface area contributed by atoms with Crippen LogP contribution in [0.15, 0.2) is 78.0 Å². The fourth-order valence-corrected chi connectivity index (χ4v) is 5.89. The number of ether oxygens (including phenoxy) is 1. The number of carbonyl (C=O) groups excluding carboxylic acids is 1. The van der Waals surface area contributed by atoms with Gasteiger partial charge in [0.05, 0.1) is 17.1 Å². The van der Waals surface area contributed by atoms with Crippen LogP contribution < -0.4 is 15.0 Å². The van der Waals surface area contributed by atoms with Crippen molar-refractivity contribution in [1.82, 2.24) is 20.1 Å². The number of unbranched alkanes of at least 4 members (excludes halogenated alkanes) is 1. The van der Waals surface area contributed by atoms with E-state index >= 15 is 0 Å². The SMILES string of the molecule is Cc1cccc(C)c1N1C(=O)CSC1=NC(=S)NCCCCc1cccc(-c2ncn(-c3ccc(OC(F)(F)F)cc3)n2)c1. The van der Waals surface area contributed by atoms with Crippen LogP contribution >= 0.6 is 24.0 Å². The summed E-state index contributed by atoms with van der Waals surface area (Å²) in [7, 11) is 0. The van der Waals surface area contributed by atoms with Gasteiger partial charge in [0.2, 0.25) is 5.91 Å².